The average molecular weight is 1670 g/mol. The van der Waals surface area contributed by atoms with Crippen LogP contribution in [0.4, 0.5) is 0 Å². The lowest BCUT2D eigenvalue weighted by Crippen LogP contribution is -1.92. The highest BCUT2D eigenvalue weighted by Gasteiger charge is 2.24. The van der Waals surface area contributed by atoms with Crippen molar-refractivity contribution >= 4 is 222 Å². The van der Waals surface area contributed by atoms with E-state index in [1.165, 1.54) is 238 Å². The fourth-order valence-corrected chi connectivity index (χ4v) is 26.4. The number of para-hydroxylation sites is 6. The van der Waals surface area contributed by atoms with E-state index >= 15 is 0 Å². The van der Waals surface area contributed by atoms with Crippen LogP contribution < -0.4 is 0 Å². The molecule has 9 heterocycles. The van der Waals surface area contributed by atoms with Gasteiger partial charge in [0.25, 0.3) is 0 Å². The number of hydrogen-bond acceptors (Lipinski definition) is 6. The molecular formula is C114H69N3S6. The second-order valence-corrected chi connectivity index (χ2v) is 38.0. The van der Waals surface area contributed by atoms with Gasteiger partial charge in [-0.2, -0.15) is 0 Å². The molecule has 0 fully saturated rings. The summed E-state index contributed by atoms with van der Waals surface area (Å²) in [6.07, 6.45) is 0. The summed E-state index contributed by atoms with van der Waals surface area (Å²) in [6.45, 7) is 0. The van der Waals surface area contributed by atoms with Gasteiger partial charge in [0, 0.05) is 124 Å². The van der Waals surface area contributed by atoms with E-state index in [-0.39, 0.29) is 0 Å². The number of rotatable bonds is 9. The van der Waals surface area contributed by atoms with Crippen LogP contribution in [-0.2, 0) is 0 Å². The SMILES string of the molecule is c1ccc(-n2c3ccccc3c3sc4c(-c5cccc(-c6cccc7sc8ccccc8c67)c5)cccc4c32)cc1.c1ccc(-n2c3ccccc3c3sc4cc(-c5cccc(-c6ccc7c(c6)sc6ccccc67)c5)ccc4c32)cc1.c1ccc(-n2c3ccccc3c3sc4cc(-c5cccc(-c6cccc7c6sc6ccccc67)c5)ccc4c32)cc1. The van der Waals surface area contributed by atoms with E-state index in [9.17, 15) is 0 Å². The van der Waals surface area contributed by atoms with Gasteiger partial charge in [0.1, 0.15) is 0 Å². The van der Waals surface area contributed by atoms with Gasteiger partial charge in [-0.05, 0) is 182 Å². The summed E-state index contributed by atoms with van der Waals surface area (Å²) in [4.78, 5) is 0. The van der Waals surface area contributed by atoms with Crippen LogP contribution >= 0.6 is 68.0 Å². The summed E-state index contributed by atoms with van der Waals surface area (Å²) >= 11 is 11.4. The molecule has 9 aromatic heterocycles. The molecule has 0 saturated heterocycles. The minimum atomic E-state index is 1.20. The Morgan fingerprint density at radius 1 is 0.146 bits per heavy atom. The number of nitrogens with zero attached hydrogens (tertiary/aromatic N) is 3. The first-order valence-corrected chi connectivity index (χ1v) is 46.5. The molecule has 123 heavy (non-hydrogen) atoms. The molecule has 0 aliphatic rings. The Morgan fingerprint density at radius 2 is 0.439 bits per heavy atom. The second-order valence-electron chi connectivity index (χ2n) is 31.6. The Hall–Kier alpha value is -14.1. The summed E-state index contributed by atoms with van der Waals surface area (Å²) < 4.78 is 23.4. The molecule has 576 valence electrons. The smallest absolute Gasteiger partial charge is 0.0727 e. The van der Waals surface area contributed by atoms with Crippen molar-refractivity contribution < 1.29 is 0 Å². The summed E-state index contributed by atoms with van der Waals surface area (Å²) in [5.74, 6) is 0. The number of aromatic nitrogens is 3. The fourth-order valence-electron chi connectivity index (χ4n) is 19.0. The normalized spacial score (nSPS) is 11.9. The first kappa shape index (κ1) is 71.8. The fraction of sp³-hybridized carbons (Fsp3) is 0. The van der Waals surface area contributed by atoms with E-state index < -0.39 is 0 Å². The third-order valence-corrected chi connectivity index (χ3v) is 31.7. The third kappa shape index (κ3) is 11.9. The van der Waals surface area contributed by atoms with Gasteiger partial charge >= 0.3 is 0 Å². The standard InChI is InChI=1S/3C38H23NS2/c1-2-13-26(14-3-1)39-32-20-6-4-15-29(32)38-36(39)31-19-9-18-28(37(31)41-38)25-12-8-11-24(23-25)27-17-10-22-34-35(27)30-16-5-7-21-33(30)40-34;1-2-12-27(13-3-1)39-33-18-6-4-15-31(33)38-36(39)32-21-20-25(23-35(32)41-38)24-10-8-11-26(22-24)28-16-9-17-30-29-14-5-7-19-34(29)40-37(28)30;1-2-11-28(12-3-1)39-33-15-6-4-14-31(33)38-37(39)32-20-18-27(23-36(32)41-38)25-10-8-9-24(21-25)26-17-19-30-29-13-5-7-16-34(29)40-35(30)22-26/h3*1-23H. The van der Waals surface area contributed by atoms with Crippen LogP contribution in [0, 0.1) is 0 Å². The maximum Gasteiger partial charge on any atom is 0.0727 e. The molecule has 0 bridgehead atoms. The molecular weight excluding hydrogens is 1600 g/mol. The number of fused-ring (bicyclic) bond motifs is 24. The van der Waals surface area contributed by atoms with Gasteiger partial charge in [-0.25, -0.2) is 0 Å². The Labute approximate surface area is 731 Å². The van der Waals surface area contributed by atoms with Crippen molar-refractivity contribution in [2.45, 2.75) is 0 Å². The van der Waals surface area contributed by atoms with Gasteiger partial charge in [-0.1, -0.05) is 303 Å². The molecule has 0 aliphatic carbocycles. The lowest BCUT2D eigenvalue weighted by Gasteiger charge is -2.10. The first-order valence-electron chi connectivity index (χ1n) is 41.6. The van der Waals surface area contributed by atoms with Crippen LogP contribution in [-0.4, -0.2) is 13.7 Å². The van der Waals surface area contributed by atoms with E-state index in [1.54, 1.807) is 0 Å². The van der Waals surface area contributed by atoms with Crippen molar-refractivity contribution in [2.24, 2.45) is 0 Å². The maximum absolute atomic E-state index is 2.44. The summed E-state index contributed by atoms with van der Waals surface area (Å²) in [7, 11) is 0. The quantitative estimate of drug-likeness (QED) is 0.137. The minimum absolute atomic E-state index is 1.20. The lowest BCUT2D eigenvalue weighted by molar-refractivity contribution is 1.19. The van der Waals surface area contributed by atoms with Gasteiger partial charge in [0.15, 0.2) is 0 Å². The highest BCUT2D eigenvalue weighted by Crippen LogP contribution is 2.51. The van der Waals surface area contributed by atoms with Crippen LogP contribution in [0.3, 0.4) is 0 Å². The highest BCUT2D eigenvalue weighted by atomic mass is 32.1. The van der Waals surface area contributed by atoms with E-state index in [2.05, 4.69) is 432 Å². The van der Waals surface area contributed by atoms with Gasteiger partial charge in [-0.3, -0.25) is 0 Å². The van der Waals surface area contributed by atoms with E-state index in [0.717, 1.165) is 0 Å². The van der Waals surface area contributed by atoms with Crippen molar-refractivity contribution in [1.82, 2.24) is 13.7 Å². The predicted octanol–water partition coefficient (Wildman–Crippen LogP) is 35.1. The molecule has 0 unspecified atom stereocenters. The van der Waals surface area contributed by atoms with Crippen molar-refractivity contribution in [1.29, 1.82) is 0 Å². The molecule has 0 spiro atoms. The predicted molar refractivity (Wildman–Crippen MR) is 540 cm³/mol. The number of hydrogen-bond donors (Lipinski definition) is 0. The minimum Gasteiger partial charge on any atom is -0.308 e. The molecule has 0 amide bonds. The Bertz CT molecular complexity index is 8900. The molecule has 18 aromatic carbocycles. The first-order chi connectivity index (χ1) is 61.0. The summed E-state index contributed by atoms with van der Waals surface area (Å²) in [6, 6.07) is 153. The van der Waals surface area contributed by atoms with Gasteiger partial charge in [0.05, 0.1) is 47.2 Å². The third-order valence-electron chi connectivity index (χ3n) is 24.6. The van der Waals surface area contributed by atoms with Crippen molar-refractivity contribution in [3.63, 3.8) is 0 Å². The number of benzene rings is 18. The van der Waals surface area contributed by atoms with Crippen LogP contribution in [0.2, 0.25) is 0 Å². The van der Waals surface area contributed by atoms with E-state index in [1.807, 2.05) is 68.0 Å². The molecule has 0 radical (unpaired) electrons. The van der Waals surface area contributed by atoms with Crippen molar-refractivity contribution in [3.8, 4) is 83.8 Å². The maximum atomic E-state index is 2.44. The van der Waals surface area contributed by atoms with E-state index in [0.29, 0.717) is 0 Å². The summed E-state index contributed by atoms with van der Waals surface area (Å²) in [5.41, 5.74) is 26.4. The molecule has 0 aliphatic heterocycles. The zero-order chi connectivity index (χ0) is 80.7. The molecule has 27 aromatic rings. The number of thiophene rings is 6. The van der Waals surface area contributed by atoms with Crippen molar-refractivity contribution in [3.05, 3.63) is 419 Å². The second kappa shape index (κ2) is 29.4. The molecule has 9 heteroatoms. The average Bonchev–Trinajstić information content (AvgIpc) is 1.57. The van der Waals surface area contributed by atoms with Crippen molar-refractivity contribution in [2.75, 3.05) is 0 Å². The molecule has 0 N–H and O–H groups in total. The van der Waals surface area contributed by atoms with Crippen LogP contribution in [0.5, 0.6) is 0 Å². The van der Waals surface area contributed by atoms with Crippen LogP contribution in [0.25, 0.3) is 238 Å². The van der Waals surface area contributed by atoms with Gasteiger partial charge < -0.3 is 13.7 Å². The topological polar surface area (TPSA) is 14.8 Å². The summed E-state index contributed by atoms with van der Waals surface area (Å²) in [5, 5.41) is 15.9. The Morgan fingerprint density at radius 3 is 0.951 bits per heavy atom. The lowest BCUT2D eigenvalue weighted by atomic mass is 9.95. The van der Waals surface area contributed by atoms with Crippen LogP contribution in [0.1, 0.15) is 0 Å². The largest absolute Gasteiger partial charge is 0.308 e. The van der Waals surface area contributed by atoms with Gasteiger partial charge in [0.2, 0.25) is 0 Å². The molecule has 3 nitrogen and oxygen atoms in total. The Kier molecular flexibility index (Phi) is 17.1. The molecule has 0 saturated carbocycles. The zero-order valence-corrected chi connectivity index (χ0v) is 71.0. The Balaban J connectivity index is 0.000000101. The zero-order valence-electron chi connectivity index (χ0n) is 66.1. The van der Waals surface area contributed by atoms with E-state index in [4.69, 9.17) is 0 Å². The molecule has 0 atom stereocenters. The van der Waals surface area contributed by atoms with Crippen LogP contribution in [0.15, 0.2) is 419 Å². The monoisotopic (exact) mass is 1670 g/mol. The molecule has 27 rings (SSSR count). The highest BCUT2D eigenvalue weighted by molar-refractivity contribution is 7.28. The van der Waals surface area contributed by atoms with Gasteiger partial charge in [-0.15, -0.1) is 68.0 Å².